The van der Waals surface area contributed by atoms with Crippen molar-refractivity contribution in [3.05, 3.63) is 65.2 Å². The molecule has 4 nitrogen and oxygen atoms in total. The lowest BCUT2D eigenvalue weighted by Crippen LogP contribution is -2.17. The van der Waals surface area contributed by atoms with Crippen LogP contribution in [0.3, 0.4) is 0 Å². The molecule has 1 aliphatic heterocycles. The Labute approximate surface area is 129 Å². The second-order valence-electron chi connectivity index (χ2n) is 5.42. The summed E-state index contributed by atoms with van der Waals surface area (Å²) in [4.78, 5) is 26.0. The third-order valence-corrected chi connectivity index (χ3v) is 4.00. The van der Waals surface area contributed by atoms with Crippen molar-refractivity contribution in [1.82, 2.24) is 0 Å². The molecule has 1 fully saturated rings. The topological polar surface area (TPSA) is 57.6 Å². The van der Waals surface area contributed by atoms with Crippen molar-refractivity contribution in [3.8, 4) is 0 Å². The van der Waals surface area contributed by atoms with Gasteiger partial charge in [-0.2, -0.15) is 0 Å². The molecule has 1 aliphatic rings. The Bertz CT molecular complexity index is 701. The first kappa shape index (κ1) is 14.3. The number of carbonyl (C=O) groups is 2. The monoisotopic (exact) mass is 295 g/mol. The number of carboxylic acid groups (broad SMARTS) is 1. The molecule has 3 rings (SSSR count). The molecule has 4 heteroatoms. The largest absolute Gasteiger partial charge is 0.478 e. The van der Waals surface area contributed by atoms with E-state index in [1.807, 2.05) is 12.1 Å². The molecule has 0 spiro atoms. The van der Waals surface area contributed by atoms with Gasteiger partial charge in [0.2, 0.25) is 0 Å². The van der Waals surface area contributed by atoms with Crippen LogP contribution in [-0.2, 0) is 0 Å². The molecule has 0 aliphatic carbocycles. The van der Waals surface area contributed by atoms with Crippen molar-refractivity contribution in [3.63, 3.8) is 0 Å². The van der Waals surface area contributed by atoms with Crippen LogP contribution in [0, 0.1) is 0 Å². The SMILES string of the molecule is O=C(O)c1ccccc1C(=O)c1ccc(N2CCCC2)cc1. The summed E-state index contributed by atoms with van der Waals surface area (Å²) in [7, 11) is 0. The fraction of sp³-hybridized carbons (Fsp3) is 0.222. The number of benzene rings is 2. The maximum Gasteiger partial charge on any atom is 0.336 e. The van der Waals surface area contributed by atoms with Gasteiger partial charge in [0.1, 0.15) is 0 Å². The Kier molecular flexibility index (Phi) is 3.92. The zero-order valence-corrected chi connectivity index (χ0v) is 12.2. The Morgan fingerprint density at radius 3 is 2.05 bits per heavy atom. The number of aromatic carboxylic acids is 1. The lowest BCUT2D eigenvalue weighted by atomic mass is 9.98. The van der Waals surface area contributed by atoms with Gasteiger partial charge in [-0.15, -0.1) is 0 Å². The molecule has 0 aromatic heterocycles. The van der Waals surface area contributed by atoms with E-state index in [1.54, 1.807) is 30.3 Å². The molecule has 0 saturated carbocycles. The molecule has 0 bridgehead atoms. The van der Waals surface area contributed by atoms with Crippen LogP contribution in [0.25, 0.3) is 0 Å². The van der Waals surface area contributed by atoms with Crippen molar-refractivity contribution in [2.45, 2.75) is 12.8 Å². The van der Waals surface area contributed by atoms with Gasteiger partial charge in [-0.25, -0.2) is 4.79 Å². The van der Waals surface area contributed by atoms with Crippen LogP contribution < -0.4 is 4.90 Å². The summed E-state index contributed by atoms with van der Waals surface area (Å²) in [6.45, 7) is 2.10. The van der Waals surface area contributed by atoms with Gasteiger partial charge in [0, 0.05) is 29.9 Å². The van der Waals surface area contributed by atoms with E-state index >= 15 is 0 Å². The Morgan fingerprint density at radius 2 is 1.45 bits per heavy atom. The van der Waals surface area contributed by atoms with Gasteiger partial charge >= 0.3 is 5.97 Å². The van der Waals surface area contributed by atoms with Crippen LogP contribution in [0.15, 0.2) is 48.5 Å². The Morgan fingerprint density at radius 1 is 0.864 bits per heavy atom. The van der Waals surface area contributed by atoms with E-state index in [-0.39, 0.29) is 16.9 Å². The van der Waals surface area contributed by atoms with Crippen molar-refractivity contribution in [2.75, 3.05) is 18.0 Å². The highest BCUT2D eigenvalue weighted by Crippen LogP contribution is 2.22. The summed E-state index contributed by atoms with van der Waals surface area (Å²) in [5.41, 5.74) is 1.89. The summed E-state index contributed by atoms with van der Waals surface area (Å²) in [5.74, 6) is -1.34. The smallest absolute Gasteiger partial charge is 0.336 e. The molecule has 0 unspecified atom stereocenters. The van der Waals surface area contributed by atoms with Crippen molar-refractivity contribution < 1.29 is 14.7 Å². The molecular weight excluding hydrogens is 278 g/mol. The van der Waals surface area contributed by atoms with Gasteiger partial charge in [-0.3, -0.25) is 4.79 Å². The van der Waals surface area contributed by atoms with Gasteiger partial charge < -0.3 is 10.0 Å². The number of nitrogens with zero attached hydrogens (tertiary/aromatic N) is 1. The highest BCUT2D eigenvalue weighted by molar-refractivity contribution is 6.14. The number of ketones is 1. The highest BCUT2D eigenvalue weighted by atomic mass is 16.4. The maximum atomic E-state index is 12.5. The second-order valence-corrected chi connectivity index (χ2v) is 5.42. The molecule has 0 radical (unpaired) electrons. The Hall–Kier alpha value is -2.62. The second kappa shape index (κ2) is 6.02. The molecule has 112 valence electrons. The maximum absolute atomic E-state index is 12.5. The average Bonchev–Trinajstić information content (AvgIpc) is 3.09. The standard InChI is InChI=1S/C18H17NO3/c20-17(15-5-1-2-6-16(15)18(21)22)13-7-9-14(10-8-13)19-11-3-4-12-19/h1-2,5-10H,3-4,11-12H2,(H,21,22). The van der Waals surface area contributed by atoms with Crippen molar-refractivity contribution >= 4 is 17.4 Å². The molecule has 22 heavy (non-hydrogen) atoms. The molecule has 1 saturated heterocycles. The minimum absolute atomic E-state index is 0.0381. The quantitative estimate of drug-likeness (QED) is 0.880. The molecule has 2 aromatic carbocycles. The van der Waals surface area contributed by atoms with E-state index in [0.717, 1.165) is 18.8 Å². The van der Waals surface area contributed by atoms with Gasteiger partial charge in [0.25, 0.3) is 0 Å². The van der Waals surface area contributed by atoms with Crippen LogP contribution in [-0.4, -0.2) is 29.9 Å². The number of carbonyl (C=O) groups excluding carboxylic acids is 1. The van der Waals surface area contributed by atoms with Gasteiger partial charge in [0.05, 0.1) is 5.56 Å². The van der Waals surface area contributed by atoms with E-state index in [2.05, 4.69) is 4.90 Å². The third kappa shape index (κ3) is 2.72. The average molecular weight is 295 g/mol. The summed E-state index contributed by atoms with van der Waals surface area (Å²) in [5, 5.41) is 9.19. The van der Waals surface area contributed by atoms with Crippen LogP contribution in [0.1, 0.15) is 39.1 Å². The van der Waals surface area contributed by atoms with Crippen molar-refractivity contribution in [1.29, 1.82) is 0 Å². The Balaban J connectivity index is 1.88. The van der Waals surface area contributed by atoms with E-state index in [1.165, 1.54) is 18.9 Å². The predicted octanol–water partition coefficient (Wildman–Crippen LogP) is 3.22. The number of anilines is 1. The van der Waals surface area contributed by atoms with Gasteiger partial charge in [-0.05, 0) is 43.2 Å². The lowest BCUT2D eigenvalue weighted by molar-refractivity contribution is 0.0693. The summed E-state index contributed by atoms with van der Waals surface area (Å²) in [6.07, 6.45) is 2.40. The first-order valence-electron chi connectivity index (χ1n) is 7.39. The zero-order chi connectivity index (χ0) is 15.5. The molecule has 1 heterocycles. The molecule has 1 N–H and O–H groups in total. The summed E-state index contributed by atoms with van der Waals surface area (Å²) in [6, 6.07) is 13.7. The molecule has 0 atom stereocenters. The fourth-order valence-electron chi connectivity index (χ4n) is 2.82. The highest BCUT2D eigenvalue weighted by Gasteiger charge is 2.18. The van der Waals surface area contributed by atoms with E-state index < -0.39 is 5.97 Å². The summed E-state index contributed by atoms with van der Waals surface area (Å²) >= 11 is 0. The van der Waals surface area contributed by atoms with E-state index in [9.17, 15) is 14.7 Å². The normalized spacial score (nSPS) is 14.1. The van der Waals surface area contributed by atoms with Gasteiger partial charge in [0.15, 0.2) is 5.78 Å². The summed E-state index contributed by atoms with van der Waals surface area (Å²) < 4.78 is 0. The molecule has 0 amide bonds. The minimum Gasteiger partial charge on any atom is -0.478 e. The lowest BCUT2D eigenvalue weighted by Gasteiger charge is -2.17. The number of hydrogen-bond acceptors (Lipinski definition) is 3. The van der Waals surface area contributed by atoms with Crippen LogP contribution in [0.5, 0.6) is 0 Å². The van der Waals surface area contributed by atoms with Crippen molar-refractivity contribution in [2.24, 2.45) is 0 Å². The zero-order valence-electron chi connectivity index (χ0n) is 12.2. The first-order chi connectivity index (χ1) is 10.7. The predicted molar refractivity (Wildman–Crippen MR) is 84.7 cm³/mol. The number of carboxylic acids is 1. The minimum atomic E-state index is -1.09. The molecular formula is C18H17NO3. The number of hydrogen-bond donors (Lipinski definition) is 1. The van der Waals surface area contributed by atoms with Crippen LogP contribution in [0.2, 0.25) is 0 Å². The van der Waals surface area contributed by atoms with E-state index in [0.29, 0.717) is 5.56 Å². The van der Waals surface area contributed by atoms with Crippen LogP contribution >= 0.6 is 0 Å². The number of rotatable bonds is 4. The van der Waals surface area contributed by atoms with Crippen LogP contribution in [0.4, 0.5) is 5.69 Å². The third-order valence-electron chi connectivity index (χ3n) is 4.00. The first-order valence-corrected chi connectivity index (χ1v) is 7.39. The van der Waals surface area contributed by atoms with Gasteiger partial charge in [-0.1, -0.05) is 18.2 Å². The molecule has 2 aromatic rings. The fourth-order valence-corrected chi connectivity index (χ4v) is 2.82. The van der Waals surface area contributed by atoms with E-state index in [4.69, 9.17) is 0 Å².